The lowest BCUT2D eigenvalue weighted by atomic mass is 10.00. The number of anilines is 2. The molecule has 2 N–H and O–H groups in total. The number of methoxy groups -OCH3 is 1. The lowest BCUT2D eigenvalue weighted by Gasteiger charge is -2.26. The number of rotatable bonds is 10. The average molecular weight is 596 g/mol. The number of fused-ring (bicyclic) bond motifs is 1. The lowest BCUT2D eigenvalue weighted by Crippen LogP contribution is -2.38. The van der Waals surface area contributed by atoms with Crippen molar-refractivity contribution in [2.24, 2.45) is 0 Å². The van der Waals surface area contributed by atoms with E-state index in [1.165, 1.54) is 6.07 Å². The van der Waals surface area contributed by atoms with Gasteiger partial charge >= 0.3 is 6.18 Å². The van der Waals surface area contributed by atoms with E-state index in [0.29, 0.717) is 55.0 Å². The number of ether oxygens (including phenoxy) is 3. The Hall–Kier alpha value is -3.88. The predicted octanol–water partition coefficient (Wildman–Crippen LogP) is 3.77. The number of hydrogen-bond acceptors (Lipinski definition) is 8. The molecule has 0 unspecified atom stereocenters. The van der Waals surface area contributed by atoms with Gasteiger partial charge in [0.15, 0.2) is 5.75 Å². The van der Waals surface area contributed by atoms with Crippen molar-refractivity contribution >= 4 is 43.9 Å². The quantitative estimate of drug-likeness (QED) is 0.268. The molecule has 41 heavy (non-hydrogen) atoms. The number of ketones is 1. The predicted molar refractivity (Wildman–Crippen MR) is 146 cm³/mol. The van der Waals surface area contributed by atoms with E-state index in [1.54, 1.807) is 30.3 Å². The number of Topliss-reactive ketones (excluding diaryl/α,β-unsaturated/α-hetero) is 1. The van der Waals surface area contributed by atoms with E-state index >= 15 is 0 Å². The third kappa shape index (κ3) is 7.45. The Balaban J connectivity index is 1.61. The van der Waals surface area contributed by atoms with Crippen LogP contribution in [0.5, 0.6) is 11.5 Å². The first-order valence-corrected chi connectivity index (χ1v) is 14.3. The van der Waals surface area contributed by atoms with Crippen LogP contribution in [0.4, 0.5) is 24.5 Å². The highest BCUT2D eigenvalue weighted by molar-refractivity contribution is 7.92. The molecule has 1 aliphatic heterocycles. The van der Waals surface area contributed by atoms with Crippen LogP contribution in [0, 0.1) is 0 Å². The number of morpholine rings is 1. The van der Waals surface area contributed by atoms with Crippen LogP contribution in [0.15, 0.2) is 48.5 Å². The maximum atomic E-state index is 13.6. The van der Waals surface area contributed by atoms with Crippen LogP contribution in [0.25, 0.3) is 10.8 Å². The number of carbonyl (C=O) groups is 2. The van der Waals surface area contributed by atoms with Crippen LogP contribution >= 0.6 is 0 Å². The van der Waals surface area contributed by atoms with Gasteiger partial charge < -0.3 is 19.5 Å². The van der Waals surface area contributed by atoms with Gasteiger partial charge in [-0.1, -0.05) is 24.3 Å². The van der Waals surface area contributed by atoms with Gasteiger partial charge in [0.25, 0.3) is 11.7 Å². The van der Waals surface area contributed by atoms with Crippen molar-refractivity contribution in [2.75, 3.05) is 62.9 Å². The molecule has 3 aromatic rings. The molecule has 1 aliphatic rings. The second-order valence-electron chi connectivity index (χ2n) is 9.22. The summed E-state index contributed by atoms with van der Waals surface area (Å²) in [6.07, 6.45) is -4.15. The molecule has 3 aromatic carbocycles. The Kier molecular flexibility index (Phi) is 9.05. The Morgan fingerprint density at radius 3 is 2.32 bits per heavy atom. The number of nitrogens with zero attached hydrogens (tertiary/aromatic N) is 1. The van der Waals surface area contributed by atoms with Crippen LogP contribution in [-0.2, 0) is 25.7 Å². The van der Waals surface area contributed by atoms with Crippen molar-refractivity contribution in [3.8, 4) is 11.5 Å². The Bertz CT molecular complexity index is 1560. The zero-order valence-electron chi connectivity index (χ0n) is 22.2. The summed E-state index contributed by atoms with van der Waals surface area (Å²) in [5.74, 6) is -2.18. The van der Waals surface area contributed by atoms with Gasteiger partial charge in [-0.3, -0.25) is 19.2 Å². The fraction of sp³-hybridized carbons (Fsp3) is 0.333. The zero-order valence-corrected chi connectivity index (χ0v) is 23.0. The largest absolute Gasteiger partial charge is 0.492 e. The van der Waals surface area contributed by atoms with E-state index in [4.69, 9.17) is 14.2 Å². The summed E-state index contributed by atoms with van der Waals surface area (Å²) in [5.41, 5.74) is -2.37. The topological polar surface area (TPSA) is 123 Å². The minimum absolute atomic E-state index is 0.000874. The number of sulfonamides is 1. The van der Waals surface area contributed by atoms with Gasteiger partial charge in [0.05, 0.1) is 43.5 Å². The Morgan fingerprint density at radius 1 is 1.02 bits per heavy atom. The smallest absolute Gasteiger partial charge is 0.416 e. The number of halogens is 3. The number of benzene rings is 3. The van der Waals surface area contributed by atoms with Crippen LogP contribution < -0.4 is 19.5 Å². The molecule has 0 aliphatic carbocycles. The summed E-state index contributed by atoms with van der Waals surface area (Å²) in [5, 5.41) is 3.14. The number of alkyl halides is 3. The Morgan fingerprint density at radius 2 is 1.68 bits per heavy atom. The molecular formula is C27H28F3N3O7S. The van der Waals surface area contributed by atoms with Crippen molar-refractivity contribution in [2.45, 2.75) is 6.18 Å². The minimum Gasteiger partial charge on any atom is -0.492 e. The molecule has 1 saturated heterocycles. The molecule has 0 bridgehead atoms. The number of carbonyl (C=O) groups excluding carboxylic acids is 2. The fourth-order valence-electron chi connectivity index (χ4n) is 4.39. The number of amides is 1. The molecule has 14 heteroatoms. The van der Waals surface area contributed by atoms with E-state index in [9.17, 15) is 31.2 Å². The highest BCUT2D eigenvalue weighted by atomic mass is 32.2. The van der Waals surface area contributed by atoms with Gasteiger partial charge in [0, 0.05) is 30.6 Å². The third-order valence-corrected chi connectivity index (χ3v) is 6.86. The highest BCUT2D eigenvalue weighted by Crippen LogP contribution is 2.41. The monoisotopic (exact) mass is 595 g/mol. The summed E-state index contributed by atoms with van der Waals surface area (Å²) in [4.78, 5) is 28.5. The first-order chi connectivity index (χ1) is 19.4. The minimum atomic E-state index is -4.89. The second kappa shape index (κ2) is 12.3. The van der Waals surface area contributed by atoms with E-state index in [2.05, 4.69) is 10.2 Å². The standard InChI is InChI=1S/C27H28F3N3O7S/c1-38-25-21(15-17(27(28,29)30)16-22(25)32-41(2,36)37)31-26(35)24(34)20-7-8-23(19-6-4-3-5-18(19)20)40-14-11-33-9-12-39-13-10-33/h3-8,15-16,32H,9-14H2,1-2H3,(H,31,35). The summed E-state index contributed by atoms with van der Waals surface area (Å²) in [7, 11) is -2.93. The highest BCUT2D eigenvalue weighted by Gasteiger charge is 2.34. The normalized spacial score (nSPS) is 14.5. The van der Waals surface area contributed by atoms with Gasteiger partial charge in [-0.2, -0.15) is 13.2 Å². The fourth-order valence-corrected chi connectivity index (χ4v) is 4.94. The van der Waals surface area contributed by atoms with E-state index in [-0.39, 0.29) is 5.56 Å². The number of hydrogen-bond donors (Lipinski definition) is 2. The Labute approximate surface area is 234 Å². The molecule has 0 saturated carbocycles. The molecule has 220 valence electrons. The van der Waals surface area contributed by atoms with Crippen LogP contribution in [0.3, 0.4) is 0 Å². The van der Waals surface area contributed by atoms with Gasteiger partial charge in [0.2, 0.25) is 10.0 Å². The van der Waals surface area contributed by atoms with Gasteiger partial charge in [-0.15, -0.1) is 0 Å². The van der Waals surface area contributed by atoms with Crippen LogP contribution in [0.2, 0.25) is 0 Å². The molecule has 0 radical (unpaired) electrons. The molecule has 0 atom stereocenters. The number of nitrogens with one attached hydrogen (secondary N) is 2. The molecule has 1 amide bonds. The summed E-state index contributed by atoms with van der Waals surface area (Å²) in [6.45, 7) is 3.98. The van der Waals surface area contributed by atoms with E-state index in [1.807, 2.05) is 4.72 Å². The third-order valence-electron chi connectivity index (χ3n) is 6.27. The molecule has 0 aromatic heterocycles. The lowest BCUT2D eigenvalue weighted by molar-refractivity contribution is -0.137. The van der Waals surface area contributed by atoms with Crippen molar-refractivity contribution in [3.63, 3.8) is 0 Å². The van der Waals surface area contributed by atoms with Crippen molar-refractivity contribution < 1.29 is 45.4 Å². The van der Waals surface area contributed by atoms with Crippen molar-refractivity contribution in [1.82, 2.24) is 4.90 Å². The van der Waals surface area contributed by atoms with Crippen molar-refractivity contribution in [1.29, 1.82) is 0 Å². The molecule has 1 heterocycles. The van der Waals surface area contributed by atoms with Crippen LogP contribution in [-0.4, -0.2) is 77.8 Å². The maximum absolute atomic E-state index is 13.6. The van der Waals surface area contributed by atoms with Crippen LogP contribution in [0.1, 0.15) is 15.9 Å². The van der Waals surface area contributed by atoms with E-state index < -0.39 is 50.6 Å². The summed E-state index contributed by atoms with van der Waals surface area (Å²) in [6, 6.07) is 10.8. The van der Waals surface area contributed by atoms with E-state index in [0.717, 1.165) is 26.5 Å². The van der Waals surface area contributed by atoms with Gasteiger partial charge in [-0.25, -0.2) is 8.42 Å². The maximum Gasteiger partial charge on any atom is 0.416 e. The van der Waals surface area contributed by atoms with Crippen molar-refractivity contribution in [3.05, 3.63) is 59.7 Å². The first kappa shape index (κ1) is 30.1. The molecule has 4 rings (SSSR count). The summed E-state index contributed by atoms with van der Waals surface area (Å²) >= 11 is 0. The van der Waals surface area contributed by atoms with Gasteiger partial charge in [0.1, 0.15) is 12.4 Å². The second-order valence-corrected chi connectivity index (χ2v) is 11.0. The average Bonchev–Trinajstić information content (AvgIpc) is 2.92. The SMILES string of the molecule is COc1c(NC(=O)C(=O)c2ccc(OCCN3CCOCC3)c3ccccc23)cc(C(F)(F)F)cc1NS(C)(=O)=O. The molecule has 0 spiro atoms. The molecular weight excluding hydrogens is 567 g/mol. The first-order valence-electron chi connectivity index (χ1n) is 12.4. The summed E-state index contributed by atoms with van der Waals surface area (Å²) < 4.78 is 82.5. The molecule has 10 nitrogen and oxygen atoms in total. The zero-order chi connectivity index (χ0) is 29.8. The molecule has 1 fully saturated rings. The van der Waals surface area contributed by atoms with Gasteiger partial charge in [-0.05, 0) is 29.7 Å².